The van der Waals surface area contributed by atoms with Crippen LogP contribution >= 0.6 is 0 Å². The zero-order chi connectivity index (χ0) is 22.7. The van der Waals surface area contributed by atoms with Crippen LogP contribution in [0.5, 0.6) is 5.75 Å². The van der Waals surface area contributed by atoms with E-state index in [1.165, 1.54) is 23.4 Å². The van der Waals surface area contributed by atoms with Crippen LogP contribution < -0.4 is 10.1 Å². The van der Waals surface area contributed by atoms with Gasteiger partial charge in [0, 0.05) is 30.8 Å². The molecule has 4 rings (SSSR count). The van der Waals surface area contributed by atoms with Gasteiger partial charge in [0.2, 0.25) is 10.0 Å². The van der Waals surface area contributed by atoms with E-state index in [0.29, 0.717) is 23.4 Å². The summed E-state index contributed by atoms with van der Waals surface area (Å²) >= 11 is 0. The third-order valence-electron chi connectivity index (χ3n) is 5.33. The van der Waals surface area contributed by atoms with Gasteiger partial charge in [-0.25, -0.2) is 12.8 Å². The number of fused-ring (bicyclic) bond motifs is 1. The Morgan fingerprint density at radius 2 is 1.88 bits per heavy atom. The molecule has 166 valence electrons. The van der Waals surface area contributed by atoms with Crippen LogP contribution in [-0.4, -0.2) is 31.8 Å². The number of sulfonamides is 1. The smallest absolute Gasteiger partial charge is 0.251 e. The Kier molecular flexibility index (Phi) is 6.25. The number of benzene rings is 3. The first-order valence-electron chi connectivity index (χ1n) is 10.2. The van der Waals surface area contributed by atoms with Crippen LogP contribution in [0.4, 0.5) is 4.39 Å². The van der Waals surface area contributed by atoms with Gasteiger partial charge in [0.25, 0.3) is 5.91 Å². The number of amides is 1. The van der Waals surface area contributed by atoms with E-state index in [9.17, 15) is 17.6 Å². The maximum absolute atomic E-state index is 13.6. The number of nitrogens with zero attached hydrogens (tertiary/aromatic N) is 1. The second-order valence-corrected chi connectivity index (χ2v) is 9.53. The maximum atomic E-state index is 13.6. The van der Waals surface area contributed by atoms with Crippen molar-refractivity contribution in [3.63, 3.8) is 0 Å². The predicted molar refractivity (Wildman–Crippen MR) is 118 cm³/mol. The monoisotopic (exact) mass is 454 g/mol. The lowest BCUT2D eigenvalue weighted by Gasteiger charge is -2.20. The van der Waals surface area contributed by atoms with Crippen molar-refractivity contribution < 1.29 is 22.3 Å². The van der Waals surface area contributed by atoms with Crippen LogP contribution in [0.1, 0.15) is 27.0 Å². The second-order valence-electron chi connectivity index (χ2n) is 7.59. The van der Waals surface area contributed by atoms with E-state index < -0.39 is 15.8 Å². The molecule has 0 saturated carbocycles. The van der Waals surface area contributed by atoms with Crippen molar-refractivity contribution in [1.82, 2.24) is 9.62 Å². The van der Waals surface area contributed by atoms with E-state index in [-0.39, 0.29) is 36.1 Å². The zero-order valence-electron chi connectivity index (χ0n) is 17.5. The molecule has 3 aromatic carbocycles. The molecule has 32 heavy (non-hydrogen) atoms. The maximum Gasteiger partial charge on any atom is 0.251 e. The van der Waals surface area contributed by atoms with Gasteiger partial charge in [-0.3, -0.25) is 4.79 Å². The number of carbonyl (C=O) groups excluding carboxylic acids is 1. The number of ether oxygens (including phenoxy) is 1. The average molecular weight is 455 g/mol. The largest absolute Gasteiger partial charge is 0.492 e. The van der Waals surface area contributed by atoms with Crippen LogP contribution in [-0.2, 0) is 23.1 Å². The Bertz CT molecular complexity index is 1250. The number of hydrogen-bond donors (Lipinski definition) is 1. The standard InChI is InChI=1S/C24H23FN2O4S/c1-17-13-21(8-9-22(17)25)32(29,30)27-11-12-31-23-10-7-19(14-20(23)16-27)24(28)26-15-18-5-3-2-4-6-18/h2-10,13-14H,11-12,15-16H2,1H3,(H,26,28). The first kappa shape index (κ1) is 22.0. The highest BCUT2D eigenvalue weighted by molar-refractivity contribution is 7.89. The Morgan fingerprint density at radius 1 is 1.09 bits per heavy atom. The Labute approximate surface area is 186 Å². The molecular weight excluding hydrogens is 431 g/mol. The first-order chi connectivity index (χ1) is 15.3. The lowest BCUT2D eigenvalue weighted by atomic mass is 10.1. The lowest BCUT2D eigenvalue weighted by molar-refractivity contribution is 0.0950. The highest BCUT2D eigenvalue weighted by atomic mass is 32.2. The molecule has 0 aliphatic carbocycles. The zero-order valence-corrected chi connectivity index (χ0v) is 18.4. The summed E-state index contributed by atoms with van der Waals surface area (Å²) in [5.74, 6) is -0.179. The fourth-order valence-corrected chi connectivity index (χ4v) is 5.01. The van der Waals surface area contributed by atoms with Crippen LogP contribution in [0, 0.1) is 12.7 Å². The van der Waals surface area contributed by atoms with E-state index in [4.69, 9.17) is 4.74 Å². The third-order valence-corrected chi connectivity index (χ3v) is 7.17. The summed E-state index contributed by atoms with van der Waals surface area (Å²) in [5.41, 5.74) is 2.25. The molecule has 0 bridgehead atoms. The number of hydrogen-bond acceptors (Lipinski definition) is 4. The van der Waals surface area contributed by atoms with Crippen molar-refractivity contribution in [3.8, 4) is 5.75 Å². The molecule has 1 aliphatic heterocycles. The van der Waals surface area contributed by atoms with Gasteiger partial charge < -0.3 is 10.1 Å². The molecule has 0 unspecified atom stereocenters. The fraction of sp³-hybridized carbons (Fsp3) is 0.208. The minimum Gasteiger partial charge on any atom is -0.492 e. The van der Waals surface area contributed by atoms with E-state index >= 15 is 0 Å². The third kappa shape index (κ3) is 4.66. The van der Waals surface area contributed by atoms with Crippen LogP contribution in [0.3, 0.4) is 0 Å². The molecule has 1 N–H and O–H groups in total. The van der Waals surface area contributed by atoms with Gasteiger partial charge in [-0.05, 0) is 54.4 Å². The van der Waals surface area contributed by atoms with Crippen molar-refractivity contribution in [2.45, 2.75) is 24.9 Å². The minimum atomic E-state index is -3.86. The van der Waals surface area contributed by atoms with Crippen LogP contribution in [0.15, 0.2) is 71.6 Å². The first-order valence-corrected chi connectivity index (χ1v) is 11.6. The quantitative estimate of drug-likeness (QED) is 0.639. The van der Waals surface area contributed by atoms with Crippen molar-refractivity contribution in [2.24, 2.45) is 0 Å². The molecule has 0 saturated heterocycles. The summed E-state index contributed by atoms with van der Waals surface area (Å²) in [6, 6.07) is 18.3. The van der Waals surface area contributed by atoms with Gasteiger partial charge in [-0.2, -0.15) is 4.31 Å². The lowest BCUT2D eigenvalue weighted by Crippen LogP contribution is -2.32. The topological polar surface area (TPSA) is 75.7 Å². The number of halogens is 1. The van der Waals surface area contributed by atoms with E-state index in [1.807, 2.05) is 30.3 Å². The van der Waals surface area contributed by atoms with Gasteiger partial charge >= 0.3 is 0 Å². The van der Waals surface area contributed by atoms with Gasteiger partial charge in [-0.15, -0.1) is 0 Å². The molecule has 0 radical (unpaired) electrons. The van der Waals surface area contributed by atoms with Gasteiger partial charge in [-0.1, -0.05) is 30.3 Å². The molecule has 1 amide bonds. The summed E-state index contributed by atoms with van der Waals surface area (Å²) in [6.45, 7) is 2.27. The normalized spacial score (nSPS) is 14.2. The summed E-state index contributed by atoms with van der Waals surface area (Å²) in [4.78, 5) is 12.7. The summed E-state index contributed by atoms with van der Waals surface area (Å²) in [6.07, 6.45) is 0. The fourth-order valence-electron chi connectivity index (χ4n) is 3.52. The second kappa shape index (κ2) is 9.10. The van der Waals surface area contributed by atoms with Crippen molar-refractivity contribution >= 4 is 15.9 Å². The van der Waals surface area contributed by atoms with E-state index in [0.717, 1.165) is 11.6 Å². The average Bonchev–Trinajstić information content (AvgIpc) is 3.02. The number of nitrogens with one attached hydrogen (secondary N) is 1. The van der Waals surface area contributed by atoms with E-state index in [1.54, 1.807) is 18.2 Å². The Hall–Kier alpha value is -3.23. The molecule has 3 aromatic rings. The highest BCUT2D eigenvalue weighted by Crippen LogP contribution is 2.28. The molecule has 1 aliphatic rings. The van der Waals surface area contributed by atoms with Crippen molar-refractivity contribution in [3.05, 3.63) is 94.8 Å². The Balaban J connectivity index is 1.55. The highest BCUT2D eigenvalue weighted by Gasteiger charge is 2.28. The molecule has 0 aromatic heterocycles. The van der Waals surface area contributed by atoms with Crippen molar-refractivity contribution in [1.29, 1.82) is 0 Å². The van der Waals surface area contributed by atoms with Crippen molar-refractivity contribution in [2.75, 3.05) is 13.2 Å². The van der Waals surface area contributed by atoms with Gasteiger partial charge in [0.05, 0.1) is 4.90 Å². The van der Waals surface area contributed by atoms with Gasteiger partial charge in [0.15, 0.2) is 0 Å². The summed E-state index contributed by atoms with van der Waals surface area (Å²) < 4.78 is 46.9. The number of aryl methyl sites for hydroxylation is 1. The molecule has 8 heteroatoms. The van der Waals surface area contributed by atoms with Gasteiger partial charge in [0.1, 0.15) is 18.2 Å². The van der Waals surface area contributed by atoms with Crippen LogP contribution in [0.2, 0.25) is 0 Å². The number of rotatable bonds is 5. The van der Waals surface area contributed by atoms with E-state index in [2.05, 4.69) is 5.32 Å². The summed E-state index contributed by atoms with van der Waals surface area (Å²) in [5, 5.41) is 2.87. The SMILES string of the molecule is Cc1cc(S(=O)(=O)N2CCOc3ccc(C(=O)NCc4ccccc4)cc3C2)ccc1F. The molecule has 6 nitrogen and oxygen atoms in total. The molecule has 1 heterocycles. The molecule has 0 spiro atoms. The minimum absolute atomic E-state index is 0.0246. The molecule has 0 atom stereocenters. The van der Waals surface area contributed by atoms with Crippen LogP contribution in [0.25, 0.3) is 0 Å². The molecular formula is C24H23FN2O4S. The molecule has 0 fully saturated rings. The number of carbonyl (C=O) groups is 1. The Morgan fingerprint density at radius 3 is 2.62 bits per heavy atom. The predicted octanol–water partition coefficient (Wildman–Crippen LogP) is 3.65. The summed E-state index contributed by atoms with van der Waals surface area (Å²) in [7, 11) is -3.86.